The molecule has 6 heteroatoms. The van der Waals surface area contributed by atoms with Crippen LogP contribution in [0, 0.1) is 11.8 Å². The first-order valence-electron chi connectivity index (χ1n) is 11.4. The Bertz CT molecular complexity index is 928. The van der Waals surface area contributed by atoms with Gasteiger partial charge >= 0.3 is 0 Å². The Kier molecular flexibility index (Phi) is 3.95. The predicted molar refractivity (Wildman–Crippen MR) is 110 cm³/mol. The quantitative estimate of drug-likeness (QED) is 0.746. The molecule has 1 amide bonds. The second kappa shape index (κ2) is 6.30. The minimum atomic E-state index is -0.737. The van der Waals surface area contributed by atoms with Gasteiger partial charge in [-0.25, -0.2) is 0 Å². The average Bonchev–Trinajstić information content (AvgIpc) is 3.51. The van der Waals surface area contributed by atoms with Gasteiger partial charge in [0, 0.05) is 18.0 Å². The number of carbonyl (C=O) groups is 2. The van der Waals surface area contributed by atoms with Crippen molar-refractivity contribution in [3.63, 3.8) is 0 Å². The van der Waals surface area contributed by atoms with Crippen LogP contribution in [-0.4, -0.2) is 53.5 Å². The summed E-state index contributed by atoms with van der Waals surface area (Å²) in [5.41, 5.74) is 1.17. The van der Waals surface area contributed by atoms with Crippen LogP contribution in [0.1, 0.15) is 62.2 Å². The molecule has 1 aromatic rings. The second-order valence-electron chi connectivity index (χ2n) is 10.3. The molecule has 2 aliphatic heterocycles. The van der Waals surface area contributed by atoms with Crippen molar-refractivity contribution < 1.29 is 19.4 Å². The first kappa shape index (κ1) is 18.8. The Hall–Kier alpha value is -1.92. The van der Waals surface area contributed by atoms with Gasteiger partial charge in [-0.3, -0.25) is 14.5 Å². The van der Waals surface area contributed by atoms with E-state index in [-0.39, 0.29) is 35.5 Å². The molecule has 2 heterocycles. The van der Waals surface area contributed by atoms with Crippen molar-refractivity contribution in [3.05, 3.63) is 29.3 Å². The molecule has 3 aliphatic carbocycles. The number of piperidine rings is 1. The average molecular weight is 411 g/mol. The van der Waals surface area contributed by atoms with Crippen LogP contribution in [-0.2, 0) is 15.0 Å². The number of likely N-dealkylation sites (tertiary alicyclic amines) is 1. The van der Waals surface area contributed by atoms with Gasteiger partial charge in [-0.15, -0.1) is 0 Å². The third-order valence-electron chi connectivity index (χ3n) is 8.75. The molecule has 2 N–H and O–H groups in total. The smallest absolute Gasteiger partial charge is 0.228 e. The highest BCUT2D eigenvalue weighted by Gasteiger charge is 2.64. The molecule has 30 heavy (non-hydrogen) atoms. The number of aliphatic hydroxyl groups excluding tert-OH is 1. The maximum Gasteiger partial charge on any atom is 0.228 e. The molecule has 0 aromatic heterocycles. The number of nitrogens with zero attached hydrogens (tertiary/aromatic N) is 1. The predicted octanol–water partition coefficient (Wildman–Crippen LogP) is 2.09. The monoisotopic (exact) mass is 410 g/mol. The van der Waals surface area contributed by atoms with Crippen molar-refractivity contribution in [1.82, 2.24) is 10.2 Å². The molecule has 6 nitrogen and oxygen atoms in total. The number of benzene rings is 1. The minimum absolute atomic E-state index is 0.00553. The molecule has 0 radical (unpaired) electrons. The van der Waals surface area contributed by atoms with Gasteiger partial charge in [0.15, 0.2) is 5.78 Å². The highest BCUT2D eigenvalue weighted by Crippen LogP contribution is 2.61. The number of methoxy groups -OCH3 is 1. The summed E-state index contributed by atoms with van der Waals surface area (Å²) in [5, 5.41) is 14.6. The Morgan fingerprint density at radius 2 is 2.07 bits per heavy atom. The van der Waals surface area contributed by atoms with E-state index in [4.69, 9.17) is 4.74 Å². The van der Waals surface area contributed by atoms with Crippen molar-refractivity contribution in [3.8, 4) is 5.75 Å². The lowest BCUT2D eigenvalue weighted by molar-refractivity contribution is -0.131. The Morgan fingerprint density at radius 1 is 1.23 bits per heavy atom. The number of Topliss-reactive ketones (excluding diaryl/α,β-unsaturated/α-hetero) is 1. The van der Waals surface area contributed by atoms with Gasteiger partial charge in [0.2, 0.25) is 5.91 Å². The molecule has 5 aliphatic rings. The van der Waals surface area contributed by atoms with Gasteiger partial charge in [0.25, 0.3) is 0 Å². The molecule has 1 spiro atoms. The van der Waals surface area contributed by atoms with E-state index in [9.17, 15) is 14.7 Å². The van der Waals surface area contributed by atoms with Crippen LogP contribution in [0.2, 0.25) is 0 Å². The van der Waals surface area contributed by atoms with Crippen LogP contribution in [0.15, 0.2) is 18.2 Å². The fraction of sp³-hybridized carbons (Fsp3) is 0.667. The normalized spacial score (nSPS) is 40.1. The Balaban J connectivity index is 1.48. The van der Waals surface area contributed by atoms with E-state index in [2.05, 4.69) is 16.3 Å². The summed E-state index contributed by atoms with van der Waals surface area (Å²) in [4.78, 5) is 27.6. The topological polar surface area (TPSA) is 78.9 Å². The second-order valence-corrected chi connectivity index (χ2v) is 10.3. The lowest BCUT2D eigenvalue weighted by Gasteiger charge is -2.62. The Labute approximate surface area is 177 Å². The number of rotatable bonds is 3. The summed E-state index contributed by atoms with van der Waals surface area (Å²) in [5.74, 6) is 1.75. The van der Waals surface area contributed by atoms with Gasteiger partial charge in [0.05, 0.1) is 25.2 Å². The number of amides is 1. The molecule has 4 fully saturated rings. The fourth-order valence-corrected chi connectivity index (χ4v) is 7.22. The summed E-state index contributed by atoms with van der Waals surface area (Å²) in [6.07, 6.45) is 5.22. The van der Waals surface area contributed by atoms with E-state index < -0.39 is 11.6 Å². The largest absolute Gasteiger partial charge is 0.497 e. The van der Waals surface area contributed by atoms with E-state index in [1.165, 1.54) is 12.8 Å². The number of nitrogens with one attached hydrogen (secondary N) is 1. The summed E-state index contributed by atoms with van der Waals surface area (Å²) < 4.78 is 5.54. The van der Waals surface area contributed by atoms with Crippen molar-refractivity contribution in [2.24, 2.45) is 11.8 Å². The zero-order valence-electron chi connectivity index (χ0n) is 17.5. The zero-order valence-corrected chi connectivity index (χ0v) is 17.5. The third kappa shape index (κ3) is 2.50. The molecular weight excluding hydrogens is 380 g/mol. The maximum atomic E-state index is 12.9. The van der Waals surface area contributed by atoms with Gasteiger partial charge in [-0.05, 0) is 80.2 Å². The van der Waals surface area contributed by atoms with E-state index in [0.29, 0.717) is 12.8 Å². The highest BCUT2D eigenvalue weighted by atomic mass is 16.5. The van der Waals surface area contributed by atoms with E-state index >= 15 is 0 Å². The fourth-order valence-electron chi connectivity index (χ4n) is 7.22. The van der Waals surface area contributed by atoms with E-state index in [1.54, 1.807) is 7.11 Å². The molecule has 2 saturated carbocycles. The van der Waals surface area contributed by atoms with Crippen LogP contribution in [0.3, 0.4) is 0 Å². The summed E-state index contributed by atoms with van der Waals surface area (Å²) in [6, 6.07) is 6.12. The standard InChI is InChI=1S/C24H30N2O4/c1-30-15-4-5-16-18(10-15)23-8-9-26(12-14-2-3-14)21(22(16)29)17(23)6-7-24(13-23)19(27)11-20(28)25-24/h4-5,10,14,17,21-22,29H,2-3,6-9,11-13H2,1H3,(H,25,28)/t17-,21-,22+,23-,24-/m0/s1. The van der Waals surface area contributed by atoms with E-state index in [0.717, 1.165) is 48.7 Å². The van der Waals surface area contributed by atoms with Gasteiger partial charge in [-0.1, -0.05) is 6.07 Å². The van der Waals surface area contributed by atoms with Crippen LogP contribution < -0.4 is 10.1 Å². The Morgan fingerprint density at radius 3 is 2.77 bits per heavy atom. The van der Waals surface area contributed by atoms with Gasteiger partial charge in [0.1, 0.15) is 5.75 Å². The number of aliphatic hydroxyl groups is 1. The molecule has 0 unspecified atom stereocenters. The first-order valence-corrected chi connectivity index (χ1v) is 11.4. The van der Waals surface area contributed by atoms with Crippen LogP contribution >= 0.6 is 0 Å². The van der Waals surface area contributed by atoms with Crippen molar-refractivity contribution >= 4 is 11.7 Å². The van der Waals surface area contributed by atoms with Crippen LogP contribution in [0.25, 0.3) is 0 Å². The van der Waals surface area contributed by atoms with Gasteiger partial charge in [-0.2, -0.15) is 0 Å². The highest BCUT2D eigenvalue weighted by molar-refractivity contribution is 6.10. The number of ether oxygens (including phenoxy) is 1. The van der Waals surface area contributed by atoms with Crippen LogP contribution in [0.5, 0.6) is 5.75 Å². The SMILES string of the molecule is COc1ccc2c(c1)[C@]13CCN(CC4CC4)[C@H]([C@@H]2O)[C@@H]1CC[C@@]1(C3)NC(=O)CC1=O. The zero-order chi connectivity index (χ0) is 20.7. The third-order valence-corrected chi connectivity index (χ3v) is 8.75. The lowest BCUT2D eigenvalue weighted by Crippen LogP contribution is -2.67. The molecule has 2 saturated heterocycles. The molecule has 160 valence electrons. The number of carbonyl (C=O) groups excluding carboxylic acids is 2. The summed E-state index contributed by atoms with van der Waals surface area (Å²) >= 11 is 0. The van der Waals surface area contributed by atoms with Gasteiger partial charge < -0.3 is 15.2 Å². The molecular formula is C24H30N2O4. The van der Waals surface area contributed by atoms with E-state index in [1.807, 2.05) is 12.1 Å². The first-order chi connectivity index (χ1) is 14.5. The summed E-state index contributed by atoms with van der Waals surface area (Å²) in [6.45, 7) is 2.00. The molecule has 5 atom stereocenters. The number of ketones is 1. The van der Waals surface area contributed by atoms with Crippen LogP contribution in [0.4, 0.5) is 0 Å². The molecule has 1 aromatic carbocycles. The van der Waals surface area contributed by atoms with Crippen molar-refractivity contribution in [2.75, 3.05) is 20.2 Å². The number of hydrogen-bond acceptors (Lipinski definition) is 5. The molecule has 2 bridgehead atoms. The lowest BCUT2D eigenvalue weighted by atomic mass is 9.48. The molecule has 6 rings (SSSR count). The van der Waals surface area contributed by atoms with Crippen molar-refractivity contribution in [1.29, 1.82) is 0 Å². The maximum absolute atomic E-state index is 12.9. The van der Waals surface area contributed by atoms with Crippen molar-refractivity contribution in [2.45, 2.75) is 68.0 Å². The minimum Gasteiger partial charge on any atom is -0.497 e. The summed E-state index contributed by atoms with van der Waals surface area (Å²) in [7, 11) is 1.67. The number of hydrogen-bond donors (Lipinski definition) is 2. The number of fused-ring (bicyclic) bond motifs is 1.